The van der Waals surface area contributed by atoms with Crippen molar-refractivity contribution in [3.63, 3.8) is 0 Å². The molecule has 0 aliphatic carbocycles. The second-order valence-electron chi connectivity index (χ2n) is 5.58. The van der Waals surface area contributed by atoms with Crippen LogP contribution in [-0.4, -0.2) is 18.1 Å². The first kappa shape index (κ1) is 14.5. The van der Waals surface area contributed by atoms with Gasteiger partial charge in [-0.1, -0.05) is 31.2 Å². The minimum atomic E-state index is 0.940. The van der Waals surface area contributed by atoms with Crippen molar-refractivity contribution in [3.05, 3.63) is 46.5 Å². The number of thiazole rings is 1. The summed E-state index contributed by atoms with van der Waals surface area (Å²) in [6.45, 7) is 6.30. The molecular formula is C17H23N3S. The fourth-order valence-electron chi connectivity index (χ4n) is 2.78. The molecule has 0 amide bonds. The maximum Gasteiger partial charge on any atom is 0.185 e. The van der Waals surface area contributed by atoms with Crippen molar-refractivity contribution < 1.29 is 0 Å². The lowest BCUT2D eigenvalue weighted by atomic mass is 10.0. The van der Waals surface area contributed by atoms with Gasteiger partial charge in [0, 0.05) is 30.7 Å². The predicted octanol–water partition coefficient (Wildman–Crippen LogP) is 3.60. The van der Waals surface area contributed by atoms with Crippen molar-refractivity contribution in [1.29, 1.82) is 0 Å². The van der Waals surface area contributed by atoms with Crippen molar-refractivity contribution in [3.8, 4) is 0 Å². The summed E-state index contributed by atoms with van der Waals surface area (Å²) < 4.78 is 0. The average Bonchev–Trinajstić information content (AvgIpc) is 2.86. The van der Waals surface area contributed by atoms with Gasteiger partial charge >= 0.3 is 0 Å². The molecule has 4 heteroatoms. The van der Waals surface area contributed by atoms with Gasteiger partial charge in [-0.15, -0.1) is 11.3 Å². The Hall–Kier alpha value is -1.39. The Kier molecular flexibility index (Phi) is 4.88. The van der Waals surface area contributed by atoms with Gasteiger partial charge in [0.2, 0.25) is 0 Å². The number of fused-ring (bicyclic) bond motifs is 1. The minimum absolute atomic E-state index is 0.940. The van der Waals surface area contributed by atoms with Crippen LogP contribution in [0.3, 0.4) is 0 Å². The van der Waals surface area contributed by atoms with E-state index in [-0.39, 0.29) is 0 Å². The number of rotatable bonds is 5. The van der Waals surface area contributed by atoms with Gasteiger partial charge in [0.1, 0.15) is 0 Å². The number of hydrogen-bond acceptors (Lipinski definition) is 4. The Morgan fingerprint density at radius 2 is 2.14 bits per heavy atom. The third kappa shape index (κ3) is 3.63. The number of nitrogens with zero attached hydrogens (tertiary/aromatic N) is 2. The summed E-state index contributed by atoms with van der Waals surface area (Å²) in [5.41, 5.74) is 2.96. The van der Waals surface area contributed by atoms with E-state index in [4.69, 9.17) is 0 Å². The molecule has 0 saturated carbocycles. The van der Waals surface area contributed by atoms with E-state index >= 15 is 0 Å². The first-order chi connectivity index (χ1) is 10.4. The fraction of sp³-hybridized carbons (Fsp3) is 0.471. The Morgan fingerprint density at radius 3 is 3.00 bits per heavy atom. The van der Waals surface area contributed by atoms with Crippen LogP contribution in [-0.2, 0) is 19.5 Å². The van der Waals surface area contributed by atoms with Crippen LogP contribution in [0.25, 0.3) is 0 Å². The highest BCUT2D eigenvalue weighted by atomic mass is 32.1. The molecule has 1 aliphatic rings. The number of aryl methyl sites for hydroxylation is 1. The molecule has 1 N–H and O–H groups in total. The summed E-state index contributed by atoms with van der Waals surface area (Å²) in [7, 11) is 0. The molecule has 1 aliphatic heterocycles. The highest BCUT2D eigenvalue weighted by molar-refractivity contribution is 7.15. The van der Waals surface area contributed by atoms with Crippen LogP contribution >= 0.6 is 11.3 Å². The van der Waals surface area contributed by atoms with Crippen LogP contribution in [0.5, 0.6) is 0 Å². The number of benzene rings is 1. The highest BCUT2D eigenvalue weighted by Gasteiger charge is 2.16. The number of nitrogens with one attached hydrogen (secondary N) is 1. The molecule has 0 radical (unpaired) electrons. The molecule has 0 atom stereocenters. The summed E-state index contributed by atoms with van der Waals surface area (Å²) in [5.74, 6) is 0. The van der Waals surface area contributed by atoms with Crippen LogP contribution in [0.1, 0.15) is 35.8 Å². The summed E-state index contributed by atoms with van der Waals surface area (Å²) in [4.78, 5) is 8.40. The molecule has 112 valence electrons. The molecule has 0 bridgehead atoms. The normalized spacial score (nSPS) is 14.8. The molecule has 3 rings (SSSR count). The standard InChI is InChI=1S/C17H23N3S/c1-2-9-18-11-16-12-19-17(21-16)20-10-5-8-14-6-3-4-7-15(14)13-20/h3-4,6-7,12,18H,2,5,8-11,13H2,1H3. The second-order valence-corrected chi connectivity index (χ2v) is 6.67. The Labute approximate surface area is 131 Å². The molecule has 1 aromatic carbocycles. The molecule has 2 aromatic rings. The van der Waals surface area contributed by atoms with E-state index in [0.29, 0.717) is 0 Å². The minimum Gasteiger partial charge on any atom is -0.344 e. The van der Waals surface area contributed by atoms with Crippen molar-refractivity contribution in [1.82, 2.24) is 10.3 Å². The lowest BCUT2D eigenvalue weighted by molar-refractivity contribution is 0.681. The summed E-state index contributed by atoms with van der Waals surface area (Å²) in [6.07, 6.45) is 5.59. The molecule has 0 spiro atoms. The number of anilines is 1. The third-order valence-electron chi connectivity index (χ3n) is 3.89. The third-order valence-corrected chi connectivity index (χ3v) is 4.95. The first-order valence-electron chi connectivity index (χ1n) is 7.84. The van der Waals surface area contributed by atoms with Crippen molar-refractivity contribution >= 4 is 16.5 Å². The van der Waals surface area contributed by atoms with Crippen molar-refractivity contribution in [2.75, 3.05) is 18.0 Å². The topological polar surface area (TPSA) is 28.2 Å². The van der Waals surface area contributed by atoms with Crippen LogP contribution in [0, 0.1) is 0 Å². The molecular weight excluding hydrogens is 278 g/mol. The predicted molar refractivity (Wildman–Crippen MR) is 89.9 cm³/mol. The van der Waals surface area contributed by atoms with E-state index in [9.17, 15) is 0 Å². The molecule has 1 aromatic heterocycles. The Bertz CT molecular complexity index is 579. The zero-order valence-electron chi connectivity index (χ0n) is 12.6. The van der Waals surface area contributed by atoms with E-state index < -0.39 is 0 Å². The van der Waals surface area contributed by atoms with Gasteiger partial charge in [-0.05, 0) is 36.9 Å². The summed E-state index contributed by atoms with van der Waals surface area (Å²) in [6, 6.07) is 8.81. The van der Waals surface area contributed by atoms with Gasteiger partial charge in [-0.3, -0.25) is 0 Å². The van der Waals surface area contributed by atoms with Gasteiger partial charge in [-0.2, -0.15) is 0 Å². The van der Waals surface area contributed by atoms with Crippen molar-refractivity contribution in [2.24, 2.45) is 0 Å². The van der Waals surface area contributed by atoms with Crippen LogP contribution in [0.4, 0.5) is 5.13 Å². The van der Waals surface area contributed by atoms with Crippen molar-refractivity contribution in [2.45, 2.75) is 39.3 Å². The molecule has 0 saturated heterocycles. The fourth-order valence-corrected chi connectivity index (χ4v) is 3.68. The molecule has 0 fully saturated rings. The average molecular weight is 301 g/mol. The quantitative estimate of drug-likeness (QED) is 0.855. The van der Waals surface area contributed by atoms with Crippen LogP contribution in [0.15, 0.2) is 30.5 Å². The second kappa shape index (κ2) is 7.05. The van der Waals surface area contributed by atoms with E-state index in [1.807, 2.05) is 17.5 Å². The van der Waals surface area contributed by atoms with Gasteiger partial charge in [-0.25, -0.2) is 4.98 Å². The smallest absolute Gasteiger partial charge is 0.185 e. The SMILES string of the molecule is CCCNCc1cnc(N2CCCc3ccccc3C2)s1. The van der Waals surface area contributed by atoms with Crippen LogP contribution in [0.2, 0.25) is 0 Å². The van der Waals surface area contributed by atoms with E-state index in [1.54, 1.807) is 0 Å². The summed E-state index contributed by atoms with van der Waals surface area (Å²) in [5, 5.41) is 4.61. The van der Waals surface area contributed by atoms with Crippen LogP contribution < -0.4 is 10.2 Å². The highest BCUT2D eigenvalue weighted by Crippen LogP contribution is 2.27. The molecule has 3 nitrogen and oxygen atoms in total. The first-order valence-corrected chi connectivity index (χ1v) is 8.65. The van der Waals surface area contributed by atoms with Gasteiger partial charge in [0.05, 0.1) is 0 Å². The zero-order chi connectivity index (χ0) is 14.5. The largest absolute Gasteiger partial charge is 0.344 e. The van der Waals surface area contributed by atoms with E-state index in [1.165, 1.54) is 40.4 Å². The molecule has 2 heterocycles. The summed E-state index contributed by atoms with van der Waals surface area (Å²) >= 11 is 1.83. The van der Waals surface area contributed by atoms with Gasteiger partial charge in [0.15, 0.2) is 5.13 Å². The zero-order valence-corrected chi connectivity index (χ0v) is 13.5. The Morgan fingerprint density at radius 1 is 1.29 bits per heavy atom. The maximum absolute atomic E-state index is 4.64. The van der Waals surface area contributed by atoms with E-state index in [0.717, 1.165) is 26.2 Å². The van der Waals surface area contributed by atoms with Gasteiger partial charge < -0.3 is 10.2 Å². The lowest BCUT2D eigenvalue weighted by Gasteiger charge is -2.19. The number of hydrogen-bond donors (Lipinski definition) is 1. The van der Waals surface area contributed by atoms with E-state index in [2.05, 4.69) is 46.4 Å². The lowest BCUT2D eigenvalue weighted by Crippen LogP contribution is -2.22. The monoisotopic (exact) mass is 301 g/mol. The number of aromatic nitrogens is 1. The Balaban J connectivity index is 1.69. The van der Waals surface area contributed by atoms with Gasteiger partial charge in [0.25, 0.3) is 0 Å². The molecule has 21 heavy (non-hydrogen) atoms. The molecule has 0 unspecified atom stereocenters. The maximum atomic E-state index is 4.64.